The molecule has 2 aliphatic carbocycles. The zero-order chi connectivity index (χ0) is 17.5. The van der Waals surface area contributed by atoms with Crippen LogP contribution in [0.3, 0.4) is 0 Å². The number of hydrogen-bond acceptors (Lipinski definition) is 4. The van der Waals surface area contributed by atoms with Gasteiger partial charge in [0, 0.05) is 12.2 Å². The minimum Gasteiger partial charge on any atom is -0.463 e. The largest absolute Gasteiger partial charge is 0.463 e. The molecule has 0 aromatic rings. The van der Waals surface area contributed by atoms with Crippen molar-refractivity contribution in [1.82, 2.24) is 0 Å². The van der Waals surface area contributed by atoms with E-state index in [0.29, 0.717) is 19.1 Å². The molecule has 0 amide bonds. The molecular formula is C20H30O4. The average Bonchev–Trinajstić information content (AvgIpc) is 3.13. The van der Waals surface area contributed by atoms with Crippen LogP contribution < -0.4 is 0 Å². The molecule has 2 rings (SSSR count). The first-order chi connectivity index (χ1) is 11.6. The summed E-state index contributed by atoms with van der Waals surface area (Å²) in [4.78, 5) is 22.2. The van der Waals surface area contributed by atoms with E-state index in [0.717, 1.165) is 42.9 Å². The first kappa shape index (κ1) is 18.8. The molecule has 0 bridgehead atoms. The van der Waals surface area contributed by atoms with Gasteiger partial charge < -0.3 is 9.47 Å². The maximum atomic E-state index is 11.2. The lowest BCUT2D eigenvalue weighted by atomic mass is 9.83. The van der Waals surface area contributed by atoms with Crippen LogP contribution in [0.4, 0.5) is 0 Å². The fourth-order valence-corrected chi connectivity index (χ4v) is 5.00. The number of rotatable bonds is 9. The molecule has 2 aliphatic rings. The van der Waals surface area contributed by atoms with Crippen molar-refractivity contribution in [2.45, 2.75) is 45.4 Å². The topological polar surface area (TPSA) is 52.6 Å². The molecule has 24 heavy (non-hydrogen) atoms. The zero-order valence-electron chi connectivity index (χ0n) is 14.7. The zero-order valence-corrected chi connectivity index (χ0v) is 14.7. The molecule has 5 atom stereocenters. The molecule has 0 spiro atoms. The van der Waals surface area contributed by atoms with Gasteiger partial charge in [-0.05, 0) is 68.1 Å². The van der Waals surface area contributed by atoms with Gasteiger partial charge in [-0.15, -0.1) is 0 Å². The van der Waals surface area contributed by atoms with E-state index in [1.807, 2.05) is 0 Å². The van der Waals surface area contributed by atoms with Crippen LogP contribution in [0.1, 0.15) is 45.4 Å². The monoisotopic (exact) mass is 334 g/mol. The molecular weight excluding hydrogens is 304 g/mol. The Hall–Kier alpha value is -1.58. The Morgan fingerprint density at radius 2 is 1.67 bits per heavy atom. The summed E-state index contributed by atoms with van der Waals surface area (Å²) in [6.07, 6.45) is 9.27. The van der Waals surface area contributed by atoms with E-state index >= 15 is 0 Å². The van der Waals surface area contributed by atoms with Crippen LogP contribution >= 0.6 is 0 Å². The van der Waals surface area contributed by atoms with Gasteiger partial charge in [-0.2, -0.15) is 0 Å². The Morgan fingerprint density at radius 3 is 2.33 bits per heavy atom. The van der Waals surface area contributed by atoms with Crippen molar-refractivity contribution in [3.63, 3.8) is 0 Å². The van der Waals surface area contributed by atoms with Crippen molar-refractivity contribution in [3.8, 4) is 0 Å². The number of ether oxygens (including phenoxy) is 2. The molecule has 0 heterocycles. The minimum absolute atomic E-state index is 0.323. The molecule has 0 aromatic carbocycles. The summed E-state index contributed by atoms with van der Waals surface area (Å²) in [5.74, 6) is 3.04. The van der Waals surface area contributed by atoms with E-state index in [-0.39, 0.29) is 11.9 Å². The van der Waals surface area contributed by atoms with E-state index < -0.39 is 0 Å². The van der Waals surface area contributed by atoms with Gasteiger partial charge in [0.25, 0.3) is 0 Å². The van der Waals surface area contributed by atoms with Gasteiger partial charge in [0.05, 0.1) is 13.2 Å². The van der Waals surface area contributed by atoms with Gasteiger partial charge >= 0.3 is 11.9 Å². The lowest BCUT2D eigenvalue weighted by molar-refractivity contribution is -0.138. The molecule has 5 unspecified atom stereocenters. The highest BCUT2D eigenvalue weighted by Crippen LogP contribution is 2.55. The van der Waals surface area contributed by atoms with E-state index in [4.69, 9.17) is 9.47 Å². The normalized spacial score (nSPS) is 31.3. The van der Waals surface area contributed by atoms with Crippen molar-refractivity contribution in [1.29, 1.82) is 0 Å². The molecule has 0 saturated heterocycles. The molecule has 2 fully saturated rings. The van der Waals surface area contributed by atoms with Crippen LogP contribution in [0.25, 0.3) is 0 Å². The van der Waals surface area contributed by atoms with E-state index in [1.165, 1.54) is 31.4 Å². The van der Waals surface area contributed by atoms with Crippen molar-refractivity contribution in [2.75, 3.05) is 13.2 Å². The second-order valence-corrected chi connectivity index (χ2v) is 7.23. The van der Waals surface area contributed by atoms with Gasteiger partial charge in [-0.3, -0.25) is 0 Å². The third kappa shape index (κ3) is 4.71. The fraction of sp³-hybridized carbons (Fsp3) is 0.700. The predicted molar refractivity (Wildman–Crippen MR) is 93.1 cm³/mol. The SMILES string of the molecule is C=CC(=O)OCCCC1CC(C)C2C(CCOC(=O)C=C)CCC12. The summed E-state index contributed by atoms with van der Waals surface area (Å²) < 4.78 is 10.2. The maximum Gasteiger partial charge on any atom is 0.330 e. The predicted octanol–water partition coefficient (Wildman–Crippen LogP) is 3.91. The Labute approximate surface area is 145 Å². The van der Waals surface area contributed by atoms with Crippen molar-refractivity contribution in [3.05, 3.63) is 25.3 Å². The summed E-state index contributed by atoms with van der Waals surface area (Å²) in [5.41, 5.74) is 0. The molecule has 2 saturated carbocycles. The lowest BCUT2D eigenvalue weighted by Gasteiger charge is -2.23. The Morgan fingerprint density at radius 1 is 1.00 bits per heavy atom. The van der Waals surface area contributed by atoms with Crippen LogP contribution in [0.2, 0.25) is 0 Å². The highest BCUT2D eigenvalue weighted by Gasteiger charge is 2.47. The first-order valence-electron chi connectivity index (χ1n) is 9.15. The number of fused-ring (bicyclic) bond motifs is 1. The first-order valence-corrected chi connectivity index (χ1v) is 9.15. The van der Waals surface area contributed by atoms with E-state index in [2.05, 4.69) is 20.1 Å². The second-order valence-electron chi connectivity index (χ2n) is 7.23. The fourth-order valence-electron chi connectivity index (χ4n) is 5.00. The van der Waals surface area contributed by atoms with Crippen molar-refractivity contribution in [2.24, 2.45) is 29.6 Å². The van der Waals surface area contributed by atoms with Crippen LogP contribution in [-0.4, -0.2) is 25.2 Å². The molecule has 4 nitrogen and oxygen atoms in total. The van der Waals surface area contributed by atoms with Crippen LogP contribution in [0, 0.1) is 29.6 Å². The second kappa shape index (κ2) is 9.05. The minimum atomic E-state index is -0.331. The standard InChI is InChI=1S/C20H30O4/c1-4-18(21)23-11-6-7-16-13-14(3)20-15(8-9-17(16)20)10-12-24-19(22)5-2/h4-5,14-17,20H,1-2,6-13H2,3H3. The highest BCUT2D eigenvalue weighted by molar-refractivity contribution is 5.81. The molecule has 0 aliphatic heterocycles. The van der Waals surface area contributed by atoms with Gasteiger partial charge in [0.15, 0.2) is 0 Å². The molecule has 0 radical (unpaired) electrons. The number of esters is 2. The Balaban J connectivity index is 1.75. The third-order valence-electron chi connectivity index (χ3n) is 5.88. The average molecular weight is 334 g/mol. The maximum absolute atomic E-state index is 11.2. The third-order valence-corrected chi connectivity index (χ3v) is 5.88. The Bertz CT molecular complexity index is 470. The Kier molecular flexibility index (Phi) is 7.07. The summed E-state index contributed by atoms with van der Waals surface area (Å²) in [5, 5.41) is 0. The summed E-state index contributed by atoms with van der Waals surface area (Å²) in [6, 6.07) is 0. The summed E-state index contributed by atoms with van der Waals surface area (Å²) in [7, 11) is 0. The number of hydrogen-bond donors (Lipinski definition) is 0. The highest BCUT2D eigenvalue weighted by atomic mass is 16.5. The van der Waals surface area contributed by atoms with Crippen molar-refractivity contribution < 1.29 is 19.1 Å². The van der Waals surface area contributed by atoms with Gasteiger partial charge in [-0.25, -0.2) is 9.59 Å². The van der Waals surface area contributed by atoms with Crippen LogP contribution in [-0.2, 0) is 19.1 Å². The molecule has 0 aromatic heterocycles. The van der Waals surface area contributed by atoms with Crippen LogP contribution in [0.5, 0.6) is 0 Å². The number of carbonyl (C=O) groups is 2. The van der Waals surface area contributed by atoms with Crippen LogP contribution in [0.15, 0.2) is 25.3 Å². The van der Waals surface area contributed by atoms with Gasteiger partial charge in [0.2, 0.25) is 0 Å². The van der Waals surface area contributed by atoms with E-state index in [9.17, 15) is 9.59 Å². The quantitative estimate of drug-likeness (QED) is 0.364. The van der Waals surface area contributed by atoms with Gasteiger partial charge in [0.1, 0.15) is 0 Å². The molecule has 0 N–H and O–H groups in total. The molecule has 4 heteroatoms. The smallest absolute Gasteiger partial charge is 0.330 e. The van der Waals surface area contributed by atoms with E-state index in [1.54, 1.807) is 0 Å². The summed E-state index contributed by atoms with van der Waals surface area (Å²) in [6.45, 7) is 10.2. The summed E-state index contributed by atoms with van der Waals surface area (Å²) >= 11 is 0. The molecule has 134 valence electrons. The number of carbonyl (C=O) groups excluding carboxylic acids is 2. The lowest BCUT2D eigenvalue weighted by Crippen LogP contribution is -2.19. The van der Waals surface area contributed by atoms with Gasteiger partial charge in [-0.1, -0.05) is 20.1 Å². The van der Waals surface area contributed by atoms with Crippen molar-refractivity contribution >= 4 is 11.9 Å².